The number of hydrogen-bond acceptors (Lipinski definition) is 5. The van der Waals surface area contributed by atoms with Crippen molar-refractivity contribution in [2.24, 2.45) is 0 Å². The first-order valence-electron chi connectivity index (χ1n) is 7.51. The highest BCUT2D eigenvalue weighted by Gasteiger charge is 2.37. The zero-order valence-corrected chi connectivity index (χ0v) is 13.8. The van der Waals surface area contributed by atoms with Crippen molar-refractivity contribution in [3.63, 3.8) is 0 Å². The lowest BCUT2D eigenvalue weighted by Gasteiger charge is -2.27. The average molecular weight is 377 g/mol. The monoisotopic (exact) mass is 377 g/mol. The summed E-state index contributed by atoms with van der Waals surface area (Å²) in [5.41, 5.74) is 1.26. The van der Waals surface area contributed by atoms with Gasteiger partial charge in [-0.2, -0.15) is 13.2 Å². The number of alkyl halides is 3. The van der Waals surface area contributed by atoms with E-state index < -0.39 is 23.0 Å². The fourth-order valence-electron chi connectivity index (χ4n) is 2.76. The van der Waals surface area contributed by atoms with Crippen LogP contribution in [0.5, 0.6) is 11.5 Å². The standard InChI is InChI=1S/C17H10F3N3O2S/c18-17(19,20)15-22-23-16(26-15)21-14(24)13-9-5-1-3-7-11(9)25-12-8-4-2-6-10(12)13/h1-8,13H,(H,21,23,24). The summed E-state index contributed by atoms with van der Waals surface area (Å²) in [7, 11) is 0. The number of nitrogens with zero attached hydrogens (tertiary/aromatic N) is 2. The van der Waals surface area contributed by atoms with Gasteiger partial charge in [-0.15, -0.1) is 10.2 Å². The van der Waals surface area contributed by atoms with Crippen molar-refractivity contribution in [2.75, 3.05) is 5.32 Å². The molecule has 1 aromatic heterocycles. The summed E-state index contributed by atoms with van der Waals surface area (Å²) in [6.45, 7) is 0. The molecule has 2 aromatic carbocycles. The zero-order chi connectivity index (χ0) is 18.3. The van der Waals surface area contributed by atoms with Gasteiger partial charge in [0, 0.05) is 11.1 Å². The number of anilines is 1. The molecule has 3 aromatic rings. The van der Waals surface area contributed by atoms with Crippen LogP contribution in [-0.2, 0) is 11.0 Å². The molecule has 1 aliphatic rings. The van der Waals surface area contributed by atoms with Crippen LogP contribution in [-0.4, -0.2) is 16.1 Å². The van der Waals surface area contributed by atoms with Gasteiger partial charge in [0.1, 0.15) is 11.5 Å². The molecular weight excluding hydrogens is 367 g/mol. The predicted octanol–water partition coefficient (Wildman–Crippen LogP) is 4.43. The number of carbonyl (C=O) groups excluding carboxylic acids is 1. The Hall–Kier alpha value is -2.94. The topological polar surface area (TPSA) is 64.1 Å². The number of nitrogens with one attached hydrogen (secondary N) is 1. The van der Waals surface area contributed by atoms with Crippen LogP contribution in [0.2, 0.25) is 0 Å². The van der Waals surface area contributed by atoms with Crippen LogP contribution in [0.4, 0.5) is 18.3 Å². The van der Waals surface area contributed by atoms with E-state index in [0.29, 0.717) is 22.6 Å². The number of halogens is 3. The van der Waals surface area contributed by atoms with Gasteiger partial charge in [0.25, 0.3) is 0 Å². The molecule has 0 aliphatic carbocycles. The lowest BCUT2D eigenvalue weighted by molar-refractivity contribution is -0.138. The van der Waals surface area contributed by atoms with Gasteiger partial charge in [-0.1, -0.05) is 47.7 Å². The smallest absolute Gasteiger partial charge is 0.445 e. The molecule has 0 fully saturated rings. The highest BCUT2D eigenvalue weighted by molar-refractivity contribution is 7.15. The molecule has 0 saturated heterocycles. The maximum absolute atomic E-state index is 12.8. The number of rotatable bonds is 2. The molecule has 0 atom stereocenters. The van der Waals surface area contributed by atoms with Crippen LogP contribution in [0, 0.1) is 0 Å². The Morgan fingerprint density at radius 1 is 1.00 bits per heavy atom. The normalized spacial score (nSPS) is 13.5. The van der Waals surface area contributed by atoms with Gasteiger partial charge in [-0.05, 0) is 12.1 Å². The minimum Gasteiger partial charge on any atom is -0.457 e. The quantitative estimate of drug-likeness (QED) is 0.717. The maximum atomic E-state index is 12.8. The number of carbonyl (C=O) groups is 1. The highest BCUT2D eigenvalue weighted by Crippen LogP contribution is 2.44. The molecule has 132 valence electrons. The molecule has 26 heavy (non-hydrogen) atoms. The van der Waals surface area contributed by atoms with E-state index >= 15 is 0 Å². The second-order valence-corrected chi connectivity index (χ2v) is 6.49. The average Bonchev–Trinajstić information content (AvgIpc) is 3.08. The van der Waals surface area contributed by atoms with Crippen molar-refractivity contribution in [2.45, 2.75) is 12.1 Å². The number of hydrogen-bond donors (Lipinski definition) is 1. The van der Waals surface area contributed by atoms with E-state index in [1.54, 1.807) is 48.5 Å². The van der Waals surface area contributed by atoms with Gasteiger partial charge in [0.15, 0.2) is 0 Å². The fraction of sp³-hybridized carbons (Fsp3) is 0.118. The molecule has 0 radical (unpaired) electrons. The molecule has 1 amide bonds. The Morgan fingerprint density at radius 2 is 1.58 bits per heavy atom. The van der Waals surface area contributed by atoms with Gasteiger partial charge >= 0.3 is 6.18 Å². The Bertz CT molecular complexity index is 942. The molecule has 9 heteroatoms. The van der Waals surface area contributed by atoms with Crippen molar-refractivity contribution >= 4 is 22.4 Å². The summed E-state index contributed by atoms with van der Waals surface area (Å²) in [5, 5.41) is 7.61. The van der Waals surface area contributed by atoms with Gasteiger partial charge in [0.2, 0.25) is 16.0 Å². The number of amides is 1. The number of benzene rings is 2. The molecule has 1 aliphatic heterocycles. The van der Waals surface area contributed by atoms with E-state index in [9.17, 15) is 18.0 Å². The van der Waals surface area contributed by atoms with E-state index in [-0.39, 0.29) is 16.5 Å². The molecule has 4 rings (SSSR count). The molecule has 1 N–H and O–H groups in total. The summed E-state index contributed by atoms with van der Waals surface area (Å²) in [6, 6.07) is 14.1. The van der Waals surface area contributed by atoms with E-state index in [0.717, 1.165) is 0 Å². The SMILES string of the molecule is O=C(Nc1nnc(C(F)(F)F)s1)C1c2ccccc2Oc2ccccc21. The number of para-hydroxylation sites is 2. The summed E-state index contributed by atoms with van der Waals surface area (Å²) in [4.78, 5) is 12.8. The van der Waals surface area contributed by atoms with E-state index in [1.807, 2.05) is 0 Å². The summed E-state index contributed by atoms with van der Waals surface area (Å²) < 4.78 is 43.8. The Labute approximate surface area is 149 Å². The summed E-state index contributed by atoms with van der Waals surface area (Å²) in [6.07, 6.45) is -4.60. The van der Waals surface area contributed by atoms with Crippen LogP contribution in [0.15, 0.2) is 48.5 Å². The van der Waals surface area contributed by atoms with E-state index in [1.165, 1.54) is 0 Å². The summed E-state index contributed by atoms with van der Waals surface area (Å²) in [5.74, 6) is -0.174. The predicted molar refractivity (Wildman–Crippen MR) is 88.3 cm³/mol. The first-order chi connectivity index (χ1) is 12.4. The lowest BCUT2D eigenvalue weighted by Crippen LogP contribution is -2.25. The van der Waals surface area contributed by atoms with Gasteiger partial charge < -0.3 is 4.74 Å². The molecule has 0 spiro atoms. The van der Waals surface area contributed by atoms with Gasteiger partial charge in [-0.3, -0.25) is 10.1 Å². The maximum Gasteiger partial charge on any atom is 0.445 e. The fourth-order valence-corrected chi connectivity index (χ4v) is 3.37. The van der Waals surface area contributed by atoms with Gasteiger partial charge in [-0.25, -0.2) is 0 Å². The first-order valence-corrected chi connectivity index (χ1v) is 8.32. The Balaban J connectivity index is 1.69. The van der Waals surface area contributed by atoms with E-state index in [4.69, 9.17) is 4.74 Å². The number of ether oxygens (including phenoxy) is 1. The van der Waals surface area contributed by atoms with Crippen molar-refractivity contribution in [3.8, 4) is 11.5 Å². The molecule has 2 heterocycles. The molecule has 0 saturated carbocycles. The molecule has 5 nitrogen and oxygen atoms in total. The third-order valence-electron chi connectivity index (χ3n) is 3.84. The van der Waals surface area contributed by atoms with Crippen LogP contribution in [0.1, 0.15) is 22.1 Å². The highest BCUT2D eigenvalue weighted by atomic mass is 32.1. The van der Waals surface area contributed by atoms with Crippen molar-refractivity contribution in [3.05, 3.63) is 64.7 Å². The van der Waals surface area contributed by atoms with Crippen molar-refractivity contribution in [1.29, 1.82) is 0 Å². The van der Waals surface area contributed by atoms with Crippen LogP contribution in [0.3, 0.4) is 0 Å². The van der Waals surface area contributed by atoms with Crippen LogP contribution >= 0.6 is 11.3 Å². The van der Waals surface area contributed by atoms with Crippen LogP contribution in [0.25, 0.3) is 0 Å². The minimum absolute atomic E-state index is 0.205. The minimum atomic E-state index is -4.60. The second kappa shape index (κ2) is 6.10. The second-order valence-electron chi connectivity index (χ2n) is 5.51. The largest absolute Gasteiger partial charge is 0.457 e. The number of aromatic nitrogens is 2. The Morgan fingerprint density at radius 3 is 2.12 bits per heavy atom. The molecular formula is C17H10F3N3O2S. The molecule has 0 bridgehead atoms. The molecule has 0 unspecified atom stereocenters. The summed E-state index contributed by atoms with van der Waals surface area (Å²) >= 11 is 0.284. The lowest BCUT2D eigenvalue weighted by atomic mass is 9.87. The Kier molecular flexibility index (Phi) is 3.87. The van der Waals surface area contributed by atoms with Crippen molar-refractivity contribution < 1.29 is 22.7 Å². The van der Waals surface area contributed by atoms with E-state index in [2.05, 4.69) is 15.5 Å². The number of fused-ring (bicyclic) bond motifs is 2. The van der Waals surface area contributed by atoms with Crippen LogP contribution < -0.4 is 10.1 Å². The third kappa shape index (κ3) is 2.90. The third-order valence-corrected chi connectivity index (χ3v) is 4.72. The zero-order valence-electron chi connectivity index (χ0n) is 12.9. The van der Waals surface area contributed by atoms with Crippen molar-refractivity contribution in [1.82, 2.24) is 10.2 Å². The van der Waals surface area contributed by atoms with Gasteiger partial charge in [0.05, 0.1) is 5.92 Å². The first kappa shape index (κ1) is 16.5.